The smallest absolute Gasteiger partial charge is 0.240 e. The molecule has 1 rings (SSSR count). The van der Waals surface area contributed by atoms with Crippen molar-refractivity contribution in [1.29, 1.82) is 0 Å². The van der Waals surface area contributed by atoms with Crippen LogP contribution in [-0.2, 0) is 4.79 Å². The first-order valence-corrected chi connectivity index (χ1v) is 5.82. The highest BCUT2D eigenvalue weighted by atomic mass is 16.3. The van der Waals surface area contributed by atoms with E-state index in [4.69, 9.17) is 5.11 Å². The highest BCUT2D eigenvalue weighted by Crippen LogP contribution is 2.24. The first-order chi connectivity index (χ1) is 7.10. The van der Waals surface area contributed by atoms with Crippen LogP contribution < -0.4 is 10.6 Å². The molecule has 1 heterocycles. The van der Waals surface area contributed by atoms with Crippen LogP contribution in [0.5, 0.6) is 0 Å². The van der Waals surface area contributed by atoms with E-state index in [0.29, 0.717) is 6.54 Å². The molecule has 3 N–H and O–H groups in total. The van der Waals surface area contributed by atoms with Crippen molar-refractivity contribution < 1.29 is 9.90 Å². The highest BCUT2D eigenvalue weighted by molar-refractivity contribution is 5.86. The molecular formula is C11H22N2O2. The Kier molecular flexibility index (Phi) is 4.54. The molecule has 1 fully saturated rings. The van der Waals surface area contributed by atoms with Gasteiger partial charge in [0, 0.05) is 6.54 Å². The Bertz CT molecular complexity index is 211. The van der Waals surface area contributed by atoms with E-state index in [1.54, 1.807) is 6.92 Å². The van der Waals surface area contributed by atoms with E-state index in [2.05, 4.69) is 17.6 Å². The number of carbonyl (C=O) groups excluding carboxylic acids is 1. The van der Waals surface area contributed by atoms with Gasteiger partial charge < -0.3 is 15.7 Å². The molecule has 0 saturated carbocycles. The molecule has 0 radical (unpaired) electrons. The minimum Gasteiger partial charge on any atom is -0.392 e. The summed E-state index contributed by atoms with van der Waals surface area (Å²) in [5.74, 6) is 0.0442. The fourth-order valence-electron chi connectivity index (χ4n) is 2.16. The normalized spacial score (nSPS) is 27.7. The number of hydrogen-bond donors (Lipinski definition) is 3. The summed E-state index contributed by atoms with van der Waals surface area (Å²) in [5, 5.41) is 15.2. The molecule has 88 valence electrons. The fourth-order valence-corrected chi connectivity index (χ4v) is 2.16. The minimum atomic E-state index is -0.478. The van der Waals surface area contributed by atoms with Gasteiger partial charge in [-0.05, 0) is 32.7 Å². The second kappa shape index (κ2) is 5.47. The Hall–Kier alpha value is -0.610. The Morgan fingerprint density at radius 3 is 2.87 bits per heavy atom. The maximum Gasteiger partial charge on any atom is 0.240 e. The topological polar surface area (TPSA) is 61.4 Å². The number of rotatable bonds is 5. The number of aliphatic hydroxyl groups is 1. The van der Waals surface area contributed by atoms with Crippen LogP contribution in [0.3, 0.4) is 0 Å². The predicted molar refractivity (Wildman–Crippen MR) is 59.6 cm³/mol. The van der Waals surface area contributed by atoms with E-state index in [9.17, 15) is 4.79 Å². The van der Waals surface area contributed by atoms with Crippen LogP contribution in [0, 0.1) is 0 Å². The maximum atomic E-state index is 12.0. The van der Waals surface area contributed by atoms with Crippen molar-refractivity contribution in [2.24, 2.45) is 0 Å². The van der Waals surface area contributed by atoms with E-state index in [-0.39, 0.29) is 11.4 Å². The number of nitrogens with one attached hydrogen (secondary N) is 2. The van der Waals surface area contributed by atoms with E-state index in [1.807, 2.05) is 0 Å². The Morgan fingerprint density at radius 1 is 1.67 bits per heavy atom. The SMILES string of the molecule is CCCC1(C(=O)NCC(C)O)CCCN1. The third-order valence-corrected chi connectivity index (χ3v) is 2.91. The van der Waals surface area contributed by atoms with Crippen LogP contribution in [-0.4, -0.2) is 35.7 Å². The Balaban J connectivity index is 2.51. The molecular weight excluding hydrogens is 192 g/mol. The van der Waals surface area contributed by atoms with E-state index < -0.39 is 6.10 Å². The second-order valence-corrected chi connectivity index (χ2v) is 4.42. The number of amides is 1. The van der Waals surface area contributed by atoms with Gasteiger partial charge in [0.05, 0.1) is 11.6 Å². The second-order valence-electron chi connectivity index (χ2n) is 4.42. The third-order valence-electron chi connectivity index (χ3n) is 2.91. The summed E-state index contributed by atoms with van der Waals surface area (Å²) < 4.78 is 0. The Morgan fingerprint density at radius 2 is 2.40 bits per heavy atom. The van der Waals surface area contributed by atoms with E-state index in [0.717, 1.165) is 32.2 Å². The molecule has 0 spiro atoms. The van der Waals surface area contributed by atoms with Gasteiger partial charge in [-0.25, -0.2) is 0 Å². The summed E-state index contributed by atoms with van der Waals surface area (Å²) in [6.07, 6.45) is 3.36. The average Bonchev–Trinajstić information content (AvgIpc) is 2.64. The van der Waals surface area contributed by atoms with Crippen LogP contribution in [0.15, 0.2) is 0 Å². The monoisotopic (exact) mass is 214 g/mol. The molecule has 1 amide bonds. The molecule has 4 heteroatoms. The van der Waals surface area contributed by atoms with Gasteiger partial charge in [0.25, 0.3) is 0 Å². The zero-order chi connectivity index (χ0) is 11.3. The van der Waals surface area contributed by atoms with Gasteiger partial charge in [-0.15, -0.1) is 0 Å². The number of carbonyl (C=O) groups is 1. The lowest BCUT2D eigenvalue weighted by atomic mass is 9.91. The lowest BCUT2D eigenvalue weighted by Crippen LogP contribution is -2.54. The standard InChI is InChI=1S/C11H22N2O2/c1-3-5-11(6-4-7-13-11)10(15)12-8-9(2)14/h9,13-14H,3-8H2,1-2H3,(H,12,15). The van der Waals surface area contributed by atoms with Gasteiger partial charge in [-0.2, -0.15) is 0 Å². The molecule has 2 unspecified atom stereocenters. The van der Waals surface area contributed by atoms with Crippen molar-refractivity contribution in [1.82, 2.24) is 10.6 Å². The lowest BCUT2D eigenvalue weighted by Gasteiger charge is -2.28. The van der Waals surface area contributed by atoms with Crippen LogP contribution >= 0.6 is 0 Å². The first kappa shape index (κ1) is 12.5. The summed E-state index contributed by atoms with van der Waals surface area (Å²) in [7, 11) is 0. The Labute approximate surface area is 91.4 Å². The summed E-state index contributed by atoms with van der Waals surface area (Å²) >= 11 is 0. The van der Waals surface area contributed by atoms with Crippen molar-refractivity contribution in [2.75, 3.05) is 13.1 Å². The molecule has 0 aromatic heterocycles. The zero-order valence-corrected chi connectivity index (χ0v) is 9.68. The molecule has 1 saturated heterocycles. The van der Waals surface area contributed by atoms with Gasteiger partial charge in [0.2, 0.25) is 5.91 Å². The molecule has 0 aliphatic carbocycles. The van der Waals surface area contributed by atoms with E-state index >= 15 is 0 Å². The van der Waals surface area contributed by atoms with Crippen molar-refractivity contribution >= 4 is 5.91 Å². The van der Waals surface area contributed by atoms with Crippen LogP contribution in [0.1, 0.15) is 39.5 Å². The molecule has 1 aliphatic rings. The summed E-state index contributed by atoms with van der Waals surface area (Å²) in [4.78, 5) is 12.0. The van der Waals surface area contributed by atoms with E-state index in [1.165, 1.54) is 0 Å². The van der Waals surface area contributed by atoms with Gasteiger partial charge in [0.1, 0.15) is 0 Å². The van der Waals surface area contributed by atoms with Crippen molar-refractivity contribution in [3.05, 3.63) is 0 Å². The summed E-state index contributed by atoms with van der Waals surface area (Å²) in [6, 6.07) is 0. The molecule has 1 aliphatic heterocycles. The molecule has 0 aromatic carbocycles. The van der Waals surface area contributed by atoms with Crippen molar-refractivity contribution in [3.63, 3.8) is 0 Å². The molecule has 15 heavy (non-hydrogen) atoms. The summed E-state index contributed by atoms with van der Waals surface area (Å²) in [5.41, 5.74) is -0.371. The average molecular weight is 214 g/mol. The van der Waals surface area contributed by atoms with Gasteiger partial charge >= 0.3 is 0 Å². The van der Waals surface area contributed by atoms with Gasteiger partial charge in [-0.1, -0.05) is 13.3 Å². The van der Waals surface area contributed by atoms with Gasteiger partial charge in [0.15, 0.2) is 0 Å². The largest absolute Gasteiger partial charge is 0.392 e. The number of hydrogen-bond acceptors (Lipinski definition) is 3. The number of aliphatic hydroxyl groups excluding tert-OH is 1. The molecule has 0 bridgehead atoms. The molecule has 2 atom stereocenters. The van der Waals surface area contributed by atoms with Gasteiger partial charge in [-0.3, -0.25) is 4.79 Å². The highest BCUT2D eigenvalue weighted by Gasteiger charge is 2.39. The van der Waals surface area contributed by atoms with Crippen LogP contribution in [0.25, 0.3) is 0 Å². The predicted octanol–water partition coefficient (Wildman–Crippen LogP) is 0.406. The summed E-state index contributed by atoms with van der Waals surface area (Å²) in [6.45, 7) is 5.02. The quantitative estimate of drug-likeness (QED) is 0.621. The maximum absolute atomic E-state index is 12.0. The molecule has 0 aromatic rings. The van der Waals surface area contributed by atoms with Crippen LogP contribution in [0.4, 0.5) is 0 Å². The van der Waals surface area contributed by atoms with Crippen molar-refractivity contribution in [3.8, 4) is 0 Å². The third kappa shape index (κ3) is 3.18. The first-order valence-electron chi connectivity index (χ1n) is 5.82. The fraction of sp³-hybridized carbons (Fsp3) is 0.909. The minimum absolute atomic E-state index is 0.0442. The zero-order valence-electron chi connectivity index (χ0n) is 9.68. The van der Waals surface area contributed by atoms with Crippen LogP contribution in [0.2, 0.25) is 0 Å². The lowest BCUT2D eigenvalue weighted by molar-refractivity contribution is -0.127. The molecule has 4 nitrogen and oxygen atoms in total. The van der Waals surface area contributed by atoms with Crippen molar-refractivity contribution in [2.45, 2.75) is 51.2 Å².